The van der Waals surface area contributed by atoms with E-state index in [2.05, 4.69) is 5.32 Å². The van der Waals surface area contributed by atoms with Gasteiger partial charge in [0.05, 0.1) is 10.0 Å². The maximum Gasteiger partial charge on any atom is 0.224 e. The number of rotatable bonds is 4. The zero-order valence-corrected chi connectivity index (χ0v) is 11.6. The van der Waals surface area contributed by atoms with E-state index < -0.39 is 0 Å². The highest BCUT2D eigenvalue weighted by atomic mass is 35.5. The fraction of sp³-hybridized carbons (Fsp3) is 0.462. The Labute approximate surface area is 117 Å². The molecule has 1 aliphatic rings. The Morgan fingerprint density at radius 2 is 2.22 bits per heavy atom. The van der Waals surface area contributed by atoms with Crippen molar-refractivity contribution in [1.82, 2.24) is 5.32 Å². The van der Waals surface area contributed by atoms with Crippen molar-refractivity contribution in [3.63, 3.8) is 0 Å². The van der Waals surface area contributed by atoms with Crippen LogP contribution in [0.5, 0.6) is 0 Å². The lowest BCUT2D eigenvalue weighted by molar-refractivity contribution is -0.122. The molecule has 0 aromatic heterocycles. The molecule has 0 aliphatic heterocycles. The van der Waals surface area contributed by atoms with Crippen molar-refractivity contribution in [2.24, 2.45) is 11.7 Å². The van der Waals surface area contributed by atoms with E-state index in [1.807, 2.05) is 19.1 Å². The second-order valence-corrected chi connectivity index (χ2v) is 5.58. The van der Waals surface area contributed by atoms with E-state index in [9.17, 15) is 4.79 Å². The molecule has 0 spiro atoms. The average Bonchev–Trinajstić information content (AvgIpc) is 3.12. The van der Waals surface area contributed by atoms with Gasteiger partial charge in [0.15, 0.2) is 0 Å². The highest BCUT2D eigenvalue weighted by Crippen LogP contribution is 2.48. The number of benzene rings is 1. The van der Waals surface area contributed by atoms with Crippen molar-refractivity contribution < 1.29 is 4.79 Å². The Balaban J connectivity index is 1.98. The van der Waals surface area contributed by atoms with Crippen molar-refractivity contribution in [3.8, 4) is 0 Å². The van der Waals surface area contributed by atoms with E-state index in [-0.39, 0.29) is 23.8 Å². The van der Waals surface area contributed by atoms with Crippen LogP contribution in [-0.2, 0) is 4.79 Å². The fourth-order valence-electron chi connectivity index (χ4n) is 2.00. The lowest BCUT2D eigenvalue weighted by Crippen LogP contribution is -2.38. The third-order valence-electron chi connectivity index (χ3n) is 3.24. The molecule has 1 fully saturated rings. The van der Waals surface area contributed by atoms with Crippen LogP contribution in [0.3, 0.4) is 0 Å². The maximum atomic E-state index is 11.9. The minimum Gasteiger partial charge on any atom is -0.352 e. The van der Waals surface area contributed by atoms with Crippen LogP contribution in [0.4, 0.5) is 0 Å². The second kappa shape index (κ2) is 5.47. The molecular formula is C13H16Cl2N2O. The molecule has 1 amide bonds. The molecule has 2 unspecified atom stereocenters. The van der Waals surface area contributed by atoms with E-state index in [1.165, 1.54) is 0 Å². The smallest absolute Gasteiger partial charge is 0.224 e. The van der Waals surface area contributed by atoms with Crippen molar-refractivity contribution in [2.45, 2.75) is 25.3 Å². The largest absolute Gasteiger partial charge is 0.352 e. The van der Waals surface area contributed by atoms with Gasteiger partial charge in [-0.25, -0.2) is 0 Å². The summed E-state index contributed by atoms with van der Waals surface area (Å²) < 4.78 is 0. The monoisotopic (exact) mass is 286 g/mol. The predicted octanol–water partition coefficient (Wildman–Crippen LogP) is 2.56. The molecule has 3 nitrogen and oxygen atoms in total. The van der Waals surface area contributed by atoms with Crippen LogP contribution >= 0.6 is 23.2 Å². The number of carbonyl (C=O) groups excluding carboxylic acids is 1. The van der Waals surface area contributed by atoms with Crippen LogP contribution in [0.2, 0.25) is 10.0 Å². The van der Waals surface area contributed by atoms with Crippen molar-refractivity contribution in [1.29, 1.82) is 0 Å². The van der Waals surface area contributed by atoms with Crippen molar-refractivity contribution in [3.05, 3.63) is 33.8 Å². The molecule has 5 heteroatoms. The van der Waals surface area contributed by atoms with E-state index in [0.29, 0.717) is 16.6 Å². The van der Waals surface area contributed by atoms with E-state index in [1.54, 1.807) is 6.07 Å². The Hall–Kier alpha value is -0.770. The van der Waals surface area contributed by atoms with Crippen LogP contribution in [0.1, 0.15) is 24.8 Å². The van der Waals surface area contributed by atoms with Gasteiger partial charge in [0, 0.05) is 18.5 Å². The van der Waals surface area contributed by atoms with Gasteiger partial charge in [0.25, 0.3) is 0 Å². The summed E-state index contributed by atoms with van der Waals surface area (Å²) in [6.07, 6.45) is 0.862. The first-order chi connectivity index (χ1) is 8.52. The minimum atomic E-state index is 0.0209. The number of carbonyl (C=O) groups is 1. The molecule has 2 rings (SSSR count). The Bertz CT molecular complexity index is 464. The number of nitrogens with two attached hydrogens (primary N) is 1. The Morgan fingerprint density at radius 1 is 1.50 bits per heavy atom. The number of amides is 1. The summed E-state index contributed by atoms with van der Waals surface area (Å²) in [5.74, 6) is 0.366. The molecule has 1 aromatic carbocycles. The van der Waals surface area contributed by atoms with Crippen LogP contribution in [0.25, 0.3) is 0 Å². The normalized spacial score (nSPS) is 23.6. The number of halogens is 2. The summed E-state index contributed by atoms with van der Waals surface area (Å²) in [6, 6.07) is 5.56. The standard InChI is InChI=1S/C13H16Cl2N2O/c1-7(6-16)17-13(18)10-5-9(10)8-2-3-11(14)12(15)4-8/h2-4,7,9-10H,5-6,16H2,1H3,(H,17,18)/t7-,9?,10?/m0/s1. The number of nitrogens with one attached hydrogen (secondary N) is 1. The molecule has 1 aliphatic carbocycles. The summed E-state index contributed by atoms with van der Waals surface area (Å²) in [5.41, 5.74) is 6.55. The van der Waals surface area contributed by atoms with Gasteiger partial charge >= 0.3 is 0 Å². The average molecular weight is 287 g/mol. The molecule has 0 bridgehead atoms. The zero-order chi connectivity index (χ0) is 13.3. The van der Waals surface area contributed by atoms with Gasteiger partial charge < -0.3 is 11.1 Å². The zero-order valence-electron chi connectivity index (χ0n) is 10.1. The second-order valence-electron chi connectivity index (χ2n) is 4.77. The maximum absolute atomic E-state index is 11.9. The van der Waals surface area contributed by atoms with Gasteiger partial charge in [-0.3, -0.25) is 4.79 Å². The third kappa shape index (κ3) is 2.97. The van der Waals surface area contributed by atoms with Gasteiger partial charge in [0.1, 0.15) is 0 Å². The quantitative estimate of drug-likeness (QED) is 0.894. The van der Waals surface area contributed by atoms with E-state index >= 15 is 0 Å². The van der Waals surface area contributed by atoms with Gasteiger partial charge in [-0.05, 0) is 37.0 Å². The highest BCUT2D eigenvalue weighted by Gasteiger charge is 2.44. The summed E-state index contributed by atoms with van der Waals surface area (Å²) in [6.45, 7) is 2.35. The van der Waals surface area contributed by atoms with Crippen LogP contribution in [-0.4, -0.2) is 18.5 Å². The van der Waals surface area contributed by atoms with Crippen molar-refractivity contribution in [2.75, 3.05) is 6.54 Å². The summed E-state index contributed by atoms with van der Waals surface area (Å²) in [7, 11) is 0. The van der Waals surface area contributed by atoms with Crippen LogP contribution in [0, 0.1) is 5.92 Å². The summed E-state index contributed by atoms with van der Waals surface area (Å²) in [5, 5.41) is 3.97. The van der Waals surface area contributed by atoms with Gasteiger partial charge in [-0.1, -0.05) is 29.3 Å². The first-order valence-corrected chi connectivity index (χ1v) is 6.74. The molecule has 0 heterocycles. The molecule has 3 atom stereocenters. The predicted molar refractivity (Wildman–Crippen MR) is 74.0 cm³/mol. The SMILES string of the molecule is C[C@@H](CN)NC(=O)C1CC1c1ccc(Cl)c(Cl)c1. The lowest BCUT2D eigenvalue weighted by Gasteiger charge is -2.11. The third-order valence-corrected chi connectivity index (χ3v) is 3.98. The molecule has 18 heavy (non-hydrogen) atoms. The number of hydrogen-bond acceptors (Lipinski definition) is 2. The van der Waals surface area contributed by atoms with E-state index in [4.69, 9.17) is 28.9 Å². The minimum absolute atomic E-state index is 0.0209. The van der Waals surface area contributed by atoms with Gasteiger partial charge in [-0.2, -0.15) is 0 Å². The Kier molecular flexibility index (Phi) is 4.15. The fourth-order valence-corrected chi connectivity index (χ4v) is 2.31. The molecule has 0 saturated heterocycles. The molecule has 98 valence electrons. The topological polar surface area (TPSA) is 55.1 Å². The lowest BCUT2D eigenvalue weighted by atomic mass is 10.1. The highest BCUT2D eigenvalue weighted by molar-refractivity contribution is 6.42. The van der Waals surface area contributed by atoms with Gasteiger partial charge in [-0.15, -0.1) is 0 Å². The van der Waals surface area contributed by atoms with Crippen molar-refractivity contribution >= 4 is 29.1 Å². The summed E-state index contributed by atoms with van der Waals surface area (Å²) in [4.78, 5) is 11.9. The van der Waals surface area contributed by atoms with Crippen LogP contribution in [0.15, 0.2) is 18.2 Å². The van der Waals surface area contributed by atoms with Crippen LogP contribution < -0.4 is 11.1 Å². The number of hydrogen-bond donors (Lipinski definition) is 2. The molecule has 1 aromatic rings. The summed E-state index contributed by atoms with van der Waals surface area (Å²) >= 11 is 11.8. The molecule has 1 saturated carbocycles. The van der Waals surface area contributed by atoms with E-state index in [0.717, 1.165) is 12.0 Å². The first kappa shape index (κ1) is 13.7. The van der Waals surface area contributed by atoms with Gasteiger partial charge in [0.2, 0.25) is 5.91 Å². The molecule has 3 N–H and O–H groups in total. The Morgan fingerprint density at radius 3 is 2.83 bits per heavy atom. The molecule has 0 radical (unpaired) electrons. The first-order valence-electron chi connectivity index (χ1n) is 5.98. The molecular weight excluding hydrogens is 271 g/mol.